The average molecular weight is 396 g/mol. The first kappa shape index (κ1) is 20.4. The number of benzene rings is 2. The first-order chi connectivity index (χ1) is 14.0. The van der Waals surface area contributed by atoms with Gasteiger partial charge in [0.15, 0.2) is 0 Å². The zero-order valence-electron chi connectivity index (χ0n) is 16.0. The molecule has 1 fully saturated rings. The number of hydrogen-bond acceptors (Lipinski definition) is 4. The molecule has 152 valence electrons. The van der Waals surface area contributed by atoms with Gasteiger partial charge in [0.05, 0.1) is 5.69 Å². The number of hydrogen-bond donors (Lipinski definition) is 2. The minimum absolute atomic E-state index is 0.00302. The van der Waals surface area contributed by atoms with Gasteiger partial charge < -0.3 is 15.1 Å². The van der Waals surface area contributed by atoms with Crippen molar-refractivity contribution >= 4 is 24.0 Å². The van der Waals surface area contributed by atoms with E-state index in [0.717, 1.165) is 5.56 Å². The number of carbonyl (C=O) groups is 3. The number of carboxylic acids is 1. The Morgan fingerprint density at radius 1 is 1.17 bits per heavy atom. The van der Waals surface area contributed by atoms with Crippen LogP contribution in [-0.2, 0) is 27.3 Å². The van der Waals surface area contributed by atoms with Gasteiger partial charge >= 0.3 is 5.97 Å². The first-order valence-electron chi connectivity index (χ1n) is 9.61. The smallest absolute Gasteiger partial charge is 0.303 e. The number of phenols is 1. The summed E-state index contributed by atoms with van der Waals surface area (Å²) in [4.78, 5) is 38.2. The Morgan fingerprint density at radius 2 is 1.93 bits per heavy atom. The molecule has 1 unspecified atom stereocenters. The molecular formula is C22H24N2O5. The zero-order chi connectivity index (χ0) is 20.8. The zero-order valence-corrected chi connectivity index (χ0v) is 16.0. The molecule has 0 aromatic heterocycles. The Kier molecular flexibility index (Phi) is 6.49. The summed E-state index contributed by atoms with van der Waals surface area (Å²) in [6, 6.07) is 14.6. The van der Waals surface area contributed by atoms with Crippen LogP contribution >= 0.6 is 0 Å². The number of amides is 2. The highest BCUT2D eigenvalue weighted by molar-refractivity contribution is 5.85. The van der Waals surface area contributed by atoms with Gasteiger partial charge in [-0.25, -0.2) is 0 Å². The van der Waals surface area contributed by atoms with Crippen molar-refractivity contribution in [1.29, 1.82) is 0 Å². The first-order valence-corrected chi connectivity index (χ1v) is 9.61. The quantitative estimate of drug-likeness (QED) is 0.635. The second-order valence-corrected chi connectivity index (χ2v) is 7.07. The topological polar surface area (TPSA) is 98.1 Å². The van der Waals surface area contributed by atoms with E-state index >= 15 is 0 Å². The number of aliphatic carboxylic acids is 1. The molecule has 0 spiro atoms. The molecule has 0 saturated carbocycles. The summed E-state index contributed by atoms with van der Waals surface area (Å²) in [6.07, 6.45) is 1.74. The molecule has 1 heterocycles. The molecular weight excluding hydrogens is 372 g/mol. The van der Waals surface area contributed by atoms with Crippen LogP contribution in [0.25, 0.3) is 0 Å². The van der Waals surface area contributed by atoms with Crippen molar-refractivity contribution in [3.63, 3.8) is 0 Å². The van der Waals surface area contributed by atoms with Crippen LogP contribution in [0.4, 0.5) is 5.69 Å². The fourth-order valence-electron chi connectivity index (χ4n) is 3.69. The number of rotatable bonds is 9. The summed E-state index contributed by atoms with van der Waals surface area (Å²) in [7, 11) is 0. The highest BCUT2D eigenvalue weighted by Gasteiger charge is 2.36. The molecule has 2 aromatic rings. The Labute approximate surface area is 169 Å². The molecule has 1 aliphatic heterocycles. The van der Waals surface area contributed by atoms with Gasteiger partial charge in [-0.15, -0.1) is 0 Å². The van der Waals surface area contributed by atoms with Crippen LogP contribution in [0.15, 0.2) is 48.5 Å². The highest BCUT2D eigenvalue weighted by Crippen LogP contribution is 2.35. The predicted molar refractivity (Wildman–Crippen MR) is 107 cm³/mol. The van der Waals surface area contributed by atoms with E-state index in [2.05, 4.69) is 0 Å². The number of anilines is 1. The van der Waals surface area contributed by atoms with Crippen molar-refractivity contribution in [2.75, 3.05) is 4.90 Å². The lowest BCUT2D eigenvalue weighted by Gasteiger charge is -2.33. The second-order valence-electron chi connectivity index (χ2n) is 7.07. The number of phenolic OH excluding ortho intramolecular Hbond substituents is 1. The van der Waals surface area contributed by atoms with Crippen LogP contribution in [-0.4, -0.2) is 39.6 Å². The minimum Gasteiger partial charge on any atom is -0.505 e. The van der Waals surface area contributed by atoms with E-state index in [1.807, 2.05) is 30.3 Å². The Bertz CT molecular complexity index is 884. The molecule has 2 amide bonds. The number of aryl methyl sites for hydroxylation is 1. The van der Waals surface area contributed by atoms with Crippen LogP contribution in [0.1, 0.15) is 36.8 Å². The predicted octanol–water partition coefficient (Wildman–Crippen LogP) is 2.91. The van der Waals surface area contributed by atoms with Crippen molar-refractivity contribution in [3.05, 3.63) is 59.7 Å². The molecule has 0 aliphatic carbocycles. The standard InChI is InChI=1S/C22H24N2O5/c25-15-24(18-10-4-8-17(22(18)29)9-5-11-21(27)28)19-12-13-20(26)23(19)14-16-6-2-1-3-7-16/h1-4,6-8,10,15,19,29H,5,9,11-14H2,(H,27,28). The summed E-state index contributed by atoms with van der Waals surface area (Å²) in [6.45, 7) is 0.383. The van der Waals surface area contributed by atoms with E-state index in [1.54, 1.807) is 23.1 Å². The number of nitrogens with zero attached hydrogens (tertiary/aromatic N) is 2. The van der Waals surface area contributed by atoms with E-state index in [1.165, 1.54) is 4.90 Å². The Morgan fingerprint density at radius 3 is 2.62 bits per heavy atom. The van der Waals surface area contributed by atoms with Crippen LogP contribution in [0.2, 0.25) is 0 Å². The number of aromatic hydroxyl groups is 1. The van der Waals surface area contributed by atoms with Crippen molar-refractivity contribution in [1.82, 2.24) is 4.90 Å². The average Bonchev–Trinajstić information content (AvgIpc) is 3.06. The van der Waals surface area contributed by atoms with Gasteiger partial charge in [-0.1, -0.05) is 42.5 Å². The molecule has 0 bridgehead atoms. The molecule has 1 saturated heterocycles. The fourth-order valence-corrected chi connectivity index (χ4v) is 3.69. The van der Waals surface area contributed by atoms with Crippen molar-refractivity contribution in [2.24, 2.45) is 0 Å². The normalized spacial score (nSPS) is 16.1. The maximum absolute atomic E-state index is 12.5. The third kappa shape index (κ3) is 4.74. The number of carbonyl (C=O) groups excluding carboxylic acids is 2. The van der Waals surface area contributed by atoms with Crippen LogP contribution in [0, 0.1) is 0 Å². The maximum Gasteiger partial charge on any atom is 0.303 e. The van der Waals surface area contributed by atoms with Gasteiger partial charge in [-0.3, -0.25) is 19.3 Å². The lowest BCUT2D eigenvalue weighted by atomic mass is 10.1. The Balaban J connectivity index is 1.83. The van der Waals surface area contributed by atoms with Crippen LogP contribution in [0.5, 0.6) is 5.75 Å². The molecule has 0 radical (unpaired) electrons. The van der Waals surface area contributed by atoms with Crippen molar-refractivity contribution in [3.8, 4) is 5.75 Å². The molecule has 1 aliphatic rings. The van der Waals surface area contributed by atoms with Gasteiger partial charge in [0.1, 0.15) is 11.9 Å². The van der Waals surface area contributed by atoms with Gasteiger partial charge in [0, 0.05) is 19.4 Å². The van der Waals surface area contributed by atoms with Crippen molar-refractivity contribution < 1.29 is 24.6 Å². The van der Waals surface area contributed by atoms with E-state index in [9.17, 15) is 19.5 Å². The van der Waals surface area contributed by atoms with Gasteiger partial charge in [0.2, 0.25) is 12.3 Å². The molecule has 1 atom stereocenters. The third-order valence-corrected chi connectivity index (χ3v) is 5.14. The number of carboxylic acid groups (broad SMARTS) is 1. The van der Waals surface area contributed by atoms with Gasteiger partial charge in [-0.05, 0) is 36.5 Å². The fraction of sp³-hybridized carbons (Fsp3) is 0.318. The maximum atomic E-state index is 12.5. The minimum atomic E-state index is -0.892. The summed E-state index contributed by atoms with van der Waals surface area (Å²) in [5.74, 6) is -0.983. The molecule has 2 aromatic carbocycles. The SMILES string of the molecule is O=CN(c1cccc(CCCC(=O)O)c1O)C1CCC(=O)N1Cc1ccccc1. The molecule has 7 heteroatoms. The van der Waals surface area contributed by atoms with E-state index < -0.39 is 12.1 Å². The van der Waals surface area contributed by atoms with E-state index in [-0.39, 0.29) is 18.1 Å². The summed E-state index contributed by atoms with van der Waals surface area (Å²) < 4.78 is 0. The lowest BCUT2D eigenvalue weighted by molar-refractivity contribution is -0.137. The Hall–Kier alpha value is -3.35. The molecule has 29 heavy (non-hydrogen) atoms. The molecule has 3 rings (SSSR count). The summed E-state index contributed by atoms with van der Waals surface area (Å²) >= 11 is 0. The van der Waals surface area contributed by atoms with E-state index in [4.69, 9.17) is 5.11 Å². The third-order valence-electron chi connectivity index (χ3n) is 5.14. The van der Waals surface area contributed by atoms with Crippen LogP contribution < -0.4 is 4.90 Å². The summed E-state index contributed by atoms with van der Waals surface area (Å²) in [5, 5.41) is 19.5. The highest BCUT2D eigenvalue weighted by atomic mass is 16.4. The summed E-state index contributed by atoms with van der Waals surface area (Å²) in [5.41, 5.74) is 1.87. The monoisotopic (exact) mass is 396 g/mol. The van der Waals surface area contributed by atoms with Gasteiger partial charge in [-0.2, -0.15) is 0 Å². The van der Waals surface area contributed by atoms with E-state index in [0.29, 0.717) is 49.9 Å². The van der Waals surface area contributed by atoms with Gasteiger partial charge in [0.25, 0.3) is 0 Å². The number of likely N-dealkylation sites (tertiary alicyclic amines) is 1. The largest absolute Gasteiger partial charge is 0.505 e. The van der Waals surface area contributed by atoms with Crippen molar-refractivity contribution in [2.45, 2.75) is 44.8 Å². The molecule has 7 nitrogen and oxygen atoms in total. The number of para-hydroxylation sites is 1. The van der Waals surface area contributed by atoms with Crippen LogP contribution in [0.3, 0.4) is 0 Å². The molecule has 2 N–H and O–H groups in total. The second kappa shape index (κ2) is 9.23. The lowest BCUT2D eigenvalue weighted by Crippen LogP contribution is -2.45.